The largest absolute Gasteiger partial charge is 0.328 e. The molecule has 0 saturated carbocycles. The van der Waals surface area contributed by atoms with Crippen molar-refractivity contribution in [3.8, 4) is 0 Å². The van der Waals surface area contributed by atoms with Gasteiger partial charge in [-0.15, -0.1) is 0 Å². The zero-order valence-corrected chi connectivity index (χ0v) is 11.5. The summed E-state index contributed by atoms with van der Waals surface area (Å²) < 4.78 is 3.69. The molecule has 0 fully saturated rings. The molecule has 1 unspecified atom stereocenters. The van der Waals surface area contributed by atoms with E-state index in [4.69, 9.17) is 0 Å². The lowest BCUT2D eigenvalue weighted by molar-refractivity contribution is 0.383. The van der Waals surface area contributed by atoms with Gasteiger partial charge in [-0.05, 0) is 18.8 Å². The van der Waals surface area contributed by atoms with Crippen LogP contribution < -0.4 is 5.69 Å². The molecule has 1 aromatic rings. The lowest BCUT2D eigenvalue weighted by atomic mass is 9.99. The van der Waals surface area contributed by atoms with Crippen molar-refractivity contribution in [1.29, 1.82) is 0 Å². The fourth-order valence-corrected chi connectivity index (χ4v) is 2.20. The number of hydrogen-bond acceptors (Lipinski definition) is 1. The highest BCUT2D eigenvalue weighted by Crippen LogP contribution is 2.14. The third-order valence-electron chi connectivity index (χ3n) is 3.38. The normalized spacial score (nSPS) is 12.9. The van der Waals surface area contributed by atoms with Crippen LogP contribution in [0.3, 0.4) is 0 Å². The van der Waals surface area contributed by atoms with E-state index in [1.54, 1.807) is 0 Å². The number of aryl methyl sites for hydroxylation is 1. The highest BCUT2D eigenvalue weighted by molar-refractivity contribution is 4.82. The Morgan fingerprint density at radius 1 is 1.12 bits per heavy atom. The molecule has 0 aliphatic rings. The number of nitrogens with zero attached hydrogens (tertiary/aromatic N) is 2. The summed E-state index contributed by atoms with van der Waals surface area (Å²) in [6, 6.07) is 0. The van der Waals surface area contributed by atoms with E-state index in [9.17, 15) is 4.79 Å². The molecule has 3 heteroatoms. The maximum Gasteiger partial charge on any atom is 0.328 e. The molecule has 1 atom stereocenters. The van der Waals surface area contributed by atoms with Crippen LogP contribution in [0.4, 0.5) is 0 Å². The fourth-order valence-electron chi connectivity index (χ4n) is 2.20. The van der Waals surface area contributed by atoms with E-state index in [1.165, 1.54) is 19.3 Å². The Morgan fingerprint density at radius 3 is 2.41 bits per heavy atom. The summed E-state index contributed by atoms with van der Waals surface area (Å²) in [5.41, 5.74) is 0.154. The maximum absolute atomic E-state index is 12.0. The van der Waals surface area contributed by atoms with Crippen molar-refractivity contribution < 1.29 is 0 Å². The monoisotopic (exact) mass is 238 g/mol. The summed E-state index contributed by atoms with van der Waals surface area (Å²) >= 11 is 0. The molecule has 1 rings (SSSR count). The van der Waals surface area contributed by atoms with Gasteiger partial charge in [0.05, 0.1) is 0 Å². The minimum atomic E-state index is 0.154. The van der Waals surface area contributed by atoms with Crippen LogP contribution in [-0.4, -0.2) is 9.13 Å². The van der Waals surface area contributed by atoms with E-state index in [-0.39, 0.29) is 5.69 Å². The molecular weight excluding hydrogens is 212 g/mol. The van der Waals surface area contributed by atoms with E-state index < -0.39 is 0 Å². The van der Waals surface area contributed by atoms with Gasteiger partial charge in [0.25, 0.3) is 0 Å². The molecule has 0 amide bonds. The summed E-state index contributed by atoms with van der Waals surface area (Å²) in [4.78, 5) is 12.0. The van der Waals surface area contributed by atoms with Crippen molar-refractivity contribution in [2.75, 3.05) is 0 Å². The predicted octanol–water partition coefficient (Wildman–Crippen LogP) is 3.28. The van der Waals surface area contributed by atoms with E-state index in [1.807, 2.05) is 21.5 Å². The lowest BCUT2D eigenvalue weighted by Gasteiger charge is -2.14. The van der Waals surface area contributed by atoms with Gasteiger partial charge in [-0.3, -0.25) is 9.13 Å². The third-order valence-corrected chi connectivity index (χ3v) is 3.38. The molecule has 0 aliphatic heterocycles. The molecule has 98 valence electrons. The summed E-state index contributed by atoms with van der Waals surface area (Å²) in [5.74, 6) is 0.644. The molecule has 0 bridgehead atoms. The van der Waals surface area contributed by atoms with Crippen LogP contribution in [0.5, 0.6) is 0 Å². The Hall–Kier alpha value is -0.990. The smallest absolute Gasteiger partial charge is 0.299 e. The number of hydrogen-bond donors (Lipinski definition) is 0. The summed E-state index contributed by atoms with van der Waals surface area (Å²) in [5, 5.41) is 0. The SMILES string of the molecule is CCCCC(CC)Cn1ccn(CCC)c1=O. The van der Waals surface area contributed by atoms with Gasteiger partial charge in [0.15, 0.2) is 0 Å². The molecule has 0 saturated heterocycles. The molecule has 17 heavy (non-hydrogen) atoms. The maximum atomic E-state index is 12.0. The van der Waals surface area contributed by atoms with Gasteiger partial charge in [0.2, 0.25) is 0 Å². The van der Waals surface area contributed by atoms with E-state index in [0.29, 0.717) is 5.92 Å². The van der Waals surface area contributed by atoms with Crippen LogP contribution >= 0.6 is 0 Å². The third kappa shape index (κ3) is 4.06. The first-order chi connectivity index (χ1) is 8.22. The number of unbranched alkanes of at least 4 members (excludes halogenated alkanes) is 1. The first kappa shape index (κ1) is 14.1. The molecule has 0 N–H and O–H groups in total. The predicted molar refractivity (Wildman–Crippen MR) is 72.3 cm³/mol. The van der Waals surface area contributed by atoms with Gasteiger partial charge in [0.1, 0.15) is 0 Å². The Balaban J connectivity index is 2.63. The molecule has 0 aliphatic carbocycles. The molecule has 1 heterocycles. The second kappa shape index (κ2) is 7.36. The Morgan fingerprint density at radius 2 is 1.82 bits per heavy atom. The average molecular weight is 238 g/mol. The van der Waals surface area contributed by atoms with Crippen molar-refractivity contribution in [3.63, 3.8) is 0 Å². The summed E-state index contributed by atoms with van der Waals surface area (Å²) in [6.45, 7) is 8.24. The molecule has 0 aromatic carbocycles. The standard InChI is InChI=1S/C14H26N2O/c1-4-7-8-13(6-3)12-16-11-10-15(9-5-2)14(16)17/h10-11,13H,4-9,12H2,1-3H3. The topological polar surface area (TPSA) is 26.9 Å². The van der Waals surface area contributed by atoms with Crippen LogP contribution in [0.1, 0.15) is 52.9 Å². The van der Waals surface area contributed by atoms with Crippen molar-refractivity contribution in [3.05, 3.63) is 22.9 Å². The van der Waals surface area contributed by atoms with Crippen LogP contribution in [-0.2, 0) is 13.1 Å². The second-order valence-electron chi connectivity index (χ2n) is 4.84. The van der Waals surface area contributed by atoms with Crippen molar-refractivity contribution in [2.45, 2.75) is 66.0 Å². The van der Waals surface area contributed by atoms with Gasteiger partial charge in [-0.25, -0.2) is 4.79 Å². The van der Waals surface area contributed by atoms with Crippen LogP contribution in [0.15, 0.2) is 17.2 Å². The van der Waals surface area contributed by atoms with Crippen molar-refractivity contribution in [1.82, 2.24) is 9.13 Å². The minimum absolute atomic E-state index is 0.154. The average Bonchev–Trinajstić information content (AvgIpc) is 2.67. The zero-order valence-electron chi connectivity index (χ0n) is 11.5. The Kier molecular flexibility index (Phi) is 6.09. The second-order valence-corrected chi connectivity index (χ2v) is 4.84. The quantitative estimate of drug-likeness (QED) is 0.683. The first-order valence-electron chi connectivity index (χ1n) is 6.98. The zero-order chi connectivity index (χ0) is 12.7. The highest BCUT2D eigenvalue weighted by Gasteiger charge is 2.09. The number of aromatic nitrogens is 2. The van der Waals surface area contributed by atoms with Gasteiger partial charge < -0.3 is 0 Å². The molecule has 0 radical (unpaired) electrons. The van der Waals surface area contributed by atoms with Crippen LogP contribution in [0.2, 0.25) is 0 Å². The first-order valence-corrected chi connectivity index (χ1v) is 6.98. The fraction of sp³-hybridized carbons (Fsp3) is 0.786. The van der Waals surface area contributed by atoms with Crippen molar-refractivity contribution in [2.24, 2.45) is 5.92 Å². The highest BCUT2D eigenvalue weighted by atomic mass is 16.1. The van der Waals surface area contributed by atoms with E-state index in [0.717, 1.165) is 25.9 Å². The van der Waals surface area contributed by atoms with Crippen LogP contribution in [0, 0.1) is 5.92 Å². The Bertz CT molecular complexity index is 365. The number of imidazole rings is 1. The van der Waals surface area contributed by atoms with Gasteiger partial charge >= 0.3 is 5.69 Å². The van der Waals surface area contributed by atoms with Crippen molar-refractivity contribution >= 4 is 0 Å². The minimum Gasteiger partial charge on any atom is -0.299 e. The van der Waals surface area contributed by atoms with Crippen LogP contribution in [0.25, 0.3) is 0 Å². The van der Waals surface area contributed by atoms with Gasteiger partial charge in [-0.2, -0.15) is 0 Å². The van der Waals surface area contributed by atoms with E-state index >= 15 is 0 Å². The molecule has 0 spiro atoms. The Labute approximate surface area is 104 Å². The van der Waals surface area contributed by atoms with E-state index in [2.05, 4.69) is 20.8 Å². The molecule has 3 nitrogen and oxygen atoms in total. The summed E-state index contributed by atoms with van der Waals surface area (Å²) in [7, 11) is 0. The van der Waals surface area contributed by atoms with Gasteiger partial charge in [0, 0.05) is 25.5 Å². The van der Waals surface area contributed by atoms with Gasteiger partial charge in [-0.1, -0.05) is 40.0 Å². The lowest BCUT2D eigenvalue weighted by Crippen LogP contribution is -2.26. The number of rotatable bonds is 8. The molecule has 1 aromatic heterocycles. The summed E-state index contributed by atoms with van der Waals surface area (Å²) in [6.07, 6.45) is 9.76. The molecular formula is C14H26N2O.